The second-order valence-electron chi connectivity index (χ2n) is 6.51. The van der Waals surface area contributed by atoms with E-state index in [0.29, 0.717) is 6.04 Å². The molecule has 0 aliphatic heterocycles. The second kappa shape index (κ2) is 15.3. The molecular formula is C18H40N2. The first-order valence-corrected chi connectivity index (χ1v) is 9.09. The van der Waals surface area contributed by atoms with Gasteiger partial charge >= 0.3 is 0 Å². The van der Waals surface area contributed by atoms with Crippen LogP contribution in [0.5, 0.6) is 0 Å². The molecule has 0 aliphatic rings. The largest absolute Gasteiger partial charge is 0.315 e. The van der Waals surface area contributed by atoms with Crippen molar-refractivity contribution in [2.75, 3.05) is 26.7 Å². The number of nitrogens with zero attached hydrogens (tertiary/aromatic N) is 1. The fourth-order valence-corrected chi connectivity index (χ4v) is 2.38. The maximum absolute atomic E-state index is 3.55. The average molecular weight is 285 g/mol. The molecular weight excluding hydrogens is 244 g/mol. The van der Waals surface area contributed by atoms with E-state index in [-0.39, 0.29) is 0 Å². The molecule has 0 amide bonds. The summed E-state index contributed by atoms with van der Waals surface area (Å²) < 4.78 is 0. The molecule has 0 aromatic heterocycles. The summed E-state index contributed by atoms with van der Waals surface area (Å²) in [5.41, 5.74) is 0. The molecule has 20 heavy (non-hydrogen) atoms. The Kier molecular flexibility index (Phi) is 15.3. The Bertz CT molecular complexity index is 180. The van der Waals surface area contributed by atoms with E-state index in [1.54, 1.807) is 0 Å². The van der Waals surface area contributed by atoms with E-state index < -0.39 is 0 Å². The molecule has 0 bridgehead atoms. The first kappa shape index (κ1) is 19.9. The smallest absolute Gasteiger partial charge is 0.0106 e. The normalized spacial score (nSPS) is 11.7. The Hall–Kier alpha value is -0.0800. The van der Waals surface area contributed by atoms with Gasteiger partial charge in [0.15, 0.2) is 0 Å². The van der Waals surface area contributed by atoms with Gasteiger partial charge in [0.2, 0.25) is 0 Å². The predicted octanol–water partition coefficient (Wildman–Crippen LogP) is 4.84. The number of likely N-dealkylation sites (N-methyl/N-ethyl adjacent to an activating group) is 1. The summed E-state index contributed by atoms with van der Waals surface area (Å²) in [6, 6.07) is 0.661. The minimum atomic E-state index is 0.661. The van der Waals surface area contributed by atoms with Crippen LogP contribution in [-0.4, -0.2) is 37.6 Å². The van der Waals surface area contributed by atoms with Gasteiger partial charge in [-0.1, -0.05) is 64.7 Å². The lowest BCUT2D eigenvalue weighted by atomic mass is 10.1. The van der Waals surface area contributed by atoms with Crippen LogP contribution in [0.15, 0.2) is 0 Å². The summed E-state index contributed by atoms with van der Waals surface area (Å²) in [7, 11) is 2.20. The minimum Gasteiger partial charge on any atom is -0.315 e. The third-order valence-corrected chi connectivity index (χ3v) is 4.23. The zero-order chi connectivity index (χ0) is 15.1. The molecule has 0 aromatic rings. The van der Waals surface area contributed by atoms with E-state index in [9.17, 15) is 0 Å². The quantitative estimate of drug-likeness (QED) is 0.433. The van der Waals surface area contributed by atoms with E-state index in [1.165, 1.54) is 70.8 Å². The van der Waals surface area contributed by atoms with E-state index in [0.717, 1.165) is 13.1 Å². The van der Waals surface area contributed by atoms with Crippen LogP contribution in [0.3, 0.4) is 0 Å². The highest BCUT2D eigenvalue weighted by Gasteiger charge is 2.01. The Morgan fingerprint density at radius 3 is 1.75 bits per heavy atom. The van der Waals surface area contributed by atoms with E-state index in [4.69, 9.17) is 0 Å². The van der Waals surface area contributed by atoms with Crippen molar-refractivity contribution in [2.24, 2.45) is 0 Å². The van der Waals surface area contributed by atoms with Crippen LogP contribution < -0.4 is 5.32 Å². The SMILES string of the molecule is CCCCCCCCCCCCNCCN(C)C(C)C. The summed E-state index contributed by atoms with van der Waals surface area (Å²) in [4.78, 5) is 2.39. The predicted molar refractivity (Wildman–Crippen MR) is 92.5 cm³/mol. The van der Waals surface area contributed by atoms with Gasteiger partial charge in [0, 0.05) is 19.1 Å². The van der Waals surface area contributed by atoms with Crippen LogP contribution in [0, 0.1) is 0 Å². The summed E-state index contributed by atoms with van der Waals surface area (Å²) in [6.45, 7) is 10.3. The fraction of sp³-hybridized carbons (Fsp3) is 1.00. The molecule has 0 heterocycles. The molecule has 0 saturated carbocycles. The molecule has 0 rings (SSSR count). The van der Waals surface area contributed by atoms with Crippen LogP contribution in [0.25, 0.3) is 0 Å². The van der Waals surface area contributed by atoms with Crippen LogP contribution >= 0.6 is 0 Å². The third-order valence-electron chi connectivity index (χ3n) is 4.23. The van der Waals surface area contributed by atoms with E-state index in [2.05, 4.69) is 38.0 Å². The average Bonchev–Trinajstić information content (AvgIpc) is 2.43. The molecule has 2 heteroatoms. The first-order valence-electron chi connectivity index (χ1n) is 9.09. The van der Waals surface area contributed by atoms with Crippen molar-refractivity contribution >= 4 is 0 Å². The standard InChI is InChI=1S/C18H40N2/c1-5-6-7-8-9-10-11-12-13-14-15-19-16-17-20(4)18(2)3/h18-19H,5-17H2,1-4H3. The van der Waals surface area contributed by atoms with Gasteiger partial charge in [0.1, 0.15) is 0 Å². The van der Waals surface area contributed by atoms with E-state index >= 15 is 0 Å². The number of nitrogens with one attached hydrogen (secondary N) is 1. The Morgan fingerprint density at radius 2 is 1.25 bits per heavy atom. The van der Waals surface area contributed by atoms with Crippen molar-refractivity contribution in [1.29, 1.82) is 0 Å². The van der Waals surface area contributed by atoms with Gasteiger partial charge < -0.3 is 10.2 Å². The molecule has 122 valence electrons. The lowest BCUT2D eigenvalue weighted by Crippen LogP contribution is -2.34. The van der Waals surface area contributed by atoms with Crippen LogP contribution in [-0.2, 0) is 0 Å². The lowest BCUT2D eigenvalue weighted by molar-refractivity contribution is 0.273. The Morgan fingerprint density at radius 1 is 0.750 bits per heavy atom. The first-order chi connectivity index (χ1) is 9.68. The van der Waals surface area contributed by atoms with Gasteiger partial charge in [-0.15, -0.1) is 0 Å². The van der Waals surface area contributed by atoms with Crippen LogP contribution in [0.4, 0.5) is 0 Å². The highest BCUT2D eigenvalue weighted by Crippen LogP contribution is 2.10. The number of hydrogen-bond acceptors (Lipinski definition) is 2. The second-order valence-corrected chi connectivity index (χ2v) is 6.51. The molecule has 0 aliphatic carbocycles. The molecule has 0 unspecified atom stereocenters. The summed E-state index contributed by atoms with van der Waals surface area (Å²) >= 11 is 0. The molecule has 0 atom stereocenters. The number of hydrogen-bond donors (Lipinski definition) is 1. The van der Waals surface area contributed by atoms with Crippen molar-refractivity contribution in [3.8, 4) is 0 Å². The van der Waals surface area contributed by atoms with Gasteiger partial charge in [-0.05, 0) is 33.9 Å². The summed E-state index contributed by atoms with van der Waals surface area (Å²) in [5.74, 6) is 0. The topological polar surface area (TPSA) is 15.3 Å². The summed E-state index contributed by atoms with van der Waals surface area (Å²) in [6.07, 6.45) is 14.2. The monoisotopic (exact) mass is 284 g/mol. The molecule has 1 N–H and O–H groups in total. The third kappa shape index (κ3) is 14.3. The fourth-order valence-electron chi connectivity index (χ4n) is 2.38. The zero-order valence-electron chi connectivity index (χ0n) is 14.7. The molecule has 0 aromatic carbocycles. The Labute approximate surface area is 128 Å². The van der Waals surface area contributed by atoms with Crippen LogP contribution in [0.1, 0.15) is 85.0 Å². The van der Waals surface area contributed by atoms with Gasteiger partial charge in [0.25, 0.3) is 0 Å². The van der Waals surface area contributed by atoms with Crippen molar-refractivity contribution in [1.82, 2.24) is 10.2 Å². The number of unbranched alkanes of at least 4 members (excludes halogenated alkanes) is 9. The van der Waals surface area contributed by atoms with Crippen LogP contribution in [0.2, 0.25) is 0 Å². The van der Waals surface area contributed by atoms with Crippen molar-refractivity contribution in [2.45, 2.75) is 91.0 Å². The van der Waals surface area contributed by atoms with Crippen molar-refractivity contribution < 1.29 is 0 Å². The van der Waals surface area contributed by atoms with Gasteiger partial charge in [-0.3, -0.25) is 0 Å². The van der Waals surface area contributed by atoms with Gasteiger partial charge in [-0.2, -0.15) is 0 Å². The maximum Gasteiger partial charge on any atom is 0.0106 e. The number of rotatable bonds is 15. The Balaban J connectivity index is 3.03. The van der Waals surface area contributed by atoms with Gasteiger partial charge in [-0.25, -0.2) is 0 Å². The van der Waals surface area contributed by atoms with Crippen molar-refractivity contribution in [3.63, 3.8) is 0 Å². The highest BCUT2D eigenvalue weighted by molar-refractivity contribution is 4.59. The van der Waals surface area contributed by atoms with Gasteiger partial charge in [0.05, 0.1) is 0 Å². The highest BCUT2D eigenvalue weighted by atomic mass is 15.1. The zero-order valence-corrected chi connectivity index (χ0v) is 14.7. The molecule has 0 saturated heterocycles. The maximum atomic E-state index is 3.55. The molecule has 2 nitrogen and oxygen atoms in total. The molecule has 0 spiro atoms. The minimum absolute atomic E-state index is 0.661. The summed E-state index contributed by atoms with van der Waals surface area (Å²) in [5, 5.41) is 3.55. The molecule has 0 radical (unpaired) electrons. The molecule has 0 fully saturated rings. The van der Waals surface area contributed by atoms with E-state index in [1.807, 2.05) is 0 Å². The lowest BCUT2D eigenvalue weighted by Gasteiger charge is -2.20. The van der Waals surface area contributed by atoms with Crippen molar-refractivity contribution in [3.05, 3.63) is 0 Å².